The van der Waals surface area contributed by atoms with Crippen LogP contribution in [-0.4, -0.2) is 50.1 Å². The van der Waals surface area contributed by atoms with Gasteiger partial charge in [0.25, 0.3) is 0 Å². The predicted molar refractivity (Wildman–Crippen MR) is 101 cm³/mol. The molecule has 1 unspecified atom stereocenters. The van der Waals surface area contributed by atoms with Crippen molar-refractivity contribution in [3.63, 3.8) is 0 Å². The topological polar surface area (TPSA) is 39.7 Å². The maximum atomic E-state index is 4.41. The first kappa shape index (κ1) is 17.3. The Morgan fingerprint density at radius 2 is 2.04 bits per heavy atom. The van der Waals surface area contributed by atoms with Crippen LogP contribution in [0.1, 0.15) is 38.2 Å². The molecule has 0 radical (unpaired) electrons. The number of hydrogen-bond acceptors (Lipinski definition) is 2. The highest BCUT2D eigenvalue weighted by molar-refractivity contribution is 5.79. The Kier molecular flexibility index (Phi) is 5.77. The number of guanidine groups is 1. The van der Waals surface area contributed by atoms with Crippen LogP contribution in [0.2, 0.25) is 0 Å². The highest BCUT2D eigenvalue weighted by atomic mass is 15.2. The Labute approximate surface area is 146 Å². The van der Waals surface area contributed by atoms with Crippen molar-refractivity contribution in [1.82, 2.24) is 15.5 Å². The number of hydrogen-bond donors (Lipinski definition) is 2. The Hall–Kier alpha value is -1.55. The first-order valence-corrected chi connectivity index (χ1v) is 9.47. The van der Waals surface area contributed by atoms with E-state index in [1.807, 2.05) is 7.05 Å². The van der Waals surface area contributed by atoms with E-state index in [0.717, 1.165) is 25.6 Å². The predicted octanol–water partition coefficient (Wildman–Crippen LogP) is 2.66. The molecule has 0 bridgehead atoms. The molecule has 2 fully saturated rings. The van der Waals surface area contributed by atoms with Crippen molar-refractivity contribution in [2.45, 2.75) is 45.1 Å². The first-order valence-electron chi connectivity index (χ1n) is 9.47. The van der Waals surface area contributed by atoms with Gasteiger partial charge < -0.3 is 10.6 Å². The molecule has 3 rings (SSSR count). The summed E-state index contributed by atoms with van der Waals surface area (Å²) in [6.45, 7) is 6.67. The van der Waals surface area contributed by atoms with E-state index < -0.39 is 0 Å². The number of likely N-dealkylation sites (N-methyl/N-ethyl adjacent to an activating group) is 1. The van der Waals surface area contributed by atoms with Gasteiger partial charge in [-0.1, -0.05) is 37.3 Å². The highest BCUT2D eigenvalue weighted by Gasteiger charge is 2.42. The lowest BCUT2D eigenvalue weighted by molar-refractivity contribution is 0.267. The molecule has 1 atom stereocenters. The van der Waals surface area contributed by atoms with Crippen LogP contribution in [0.5, 0.6) is 0 Å². The van der Waals surface area contributed by atoms with E-state index in [9.17, 15) is 0 Å². The molecule has 1 saturated heterocycles. The van der Waals surface area contributed by atoms with Crippen LogP contribution in [-0.2, 0) is 6.42 Å². The van der Waals surface area contributed by atoms with Gasteiger partial charge in [-0.05, 0) is 56.2 Å². The van der Waals surface area contributed by atoms with Crippen LogP contribution < -0.4 is 10.6 Å². The van der Waals surface area contributed by atoms with E-state index in [4.69, 9.17) is 0 Å². The van der Waals surface area contributed by atoms with Crippen molar-refractivity contribution in [2.75, 3.05) is 33.2 Å². The fourth-order valence-electron chi connectivity index (χ4n) is 3.87. The minimum atomic E-state index is 0.432. The first-order chi connectivity index (χ1) is 11.7. The Morgan fingerprint density at radius 3 is 2.71 bits per heavy atom. The standard InChI is InChI=1S/C20H32N4/c1-3-24-13-7-10-18(24)15-22-19(21-2)23-16-20(11-12-20)14-17-8-5-4-6-9-17/h4-6,8-9,18H,3,7,10-16H2,1-2H3,(H2,21,22,23). The van der Waals surface area contributed by atoms with Gasteiger partial charge in [-0.2, -0.15) is 0 Å². The number of benzene rings is 1. The number of aliphatic imine (C=N–C) groups is 1. The summed E-state index contributed by atoms with van der Waals surface area (Å²) in [6, 6.07) is 11.5. The molecule has 1 aromatic rings. The van der Waals surface area contributed by atoms with Crippen molar-refractivity contribution in [1.29, 1.82) is 0 Å². The molecule has 132 valence electrons. The van der Waals surface area contributed by atoms with E-state index in [1.165, 1.54) is 44.2 Å². The second-order valence-corrected chi connectivity index (χ2v) is 7.39. The van der Waals surface area contributed by atoms with E-state index >= 15 is 0 Å². The quantitative estimate of drug-likeness (QED) is 0.597. The molecule has 2 N–H and O–H groups in total. The molecule has 0 aromatic heterocycles. The maximum absolute atomic E-state index is 4.41. The molecule has 0 amide bonds. The van der Waals surface area contributed by atoms with E-state index in [-0.39, 0.29) is 0 Å². The van der Waals surface area contributed by atoms with Gasteiger partial charge in [0.15, 0.2) is 5.96 Å². The fourth-order valence-corrected chi connectivity index (χ4v) is 3.87. The number of likely N-dealkylation sites (tertiary alicyclic amines) is 1. The number of nitrogens with one attached hydrogen (secondary N) is 2. The normalized spacial score (nSPS) is 23.2. The van der Waals surface area contributed by atoms with Crippen LogP contribution in [0, 0.1) is 5.41 Å². The molecule has 1 aliphatic heterocycles. The largest absolute Gasteiger partial charge is 0.356 e. The lowest BCUT2D eigenvalue weighted by Crippen LogP contribution is -2.46. The highest BCUT2D eigenvalue weighted by Crippen LogP contribution is 2.47. The van der Waals surface area contributed by atoms with Crippen molar-refractivity contribution in [3.05, 3.63) is 35.9 Å². The smallest absolute Gasteiger partial charge is 0.191 e. The molecular formula is C20H32N4. The van der Waals surface area contributed by atoms with Gasteiger partial charge in [-0.3, -0.25) is 9.89 Å². The molecule has 2 aliphatic rings. The molecule has 4 nitrogen and oxygen atoms in total. The molecule has 1 saturated carbocycles. The van der Waals surface area contributed by atoms with Crippen LogP contribution in [0.15, 0.2) is 35.3 Å². The van der Waals surface area contributed by atoms with Crippen LogP contribution >= 0.6 is 0 Å². The van der Waals surface area contributed by atoms with Crippen molar-refractivity contribution in [2.24, 2.45) is 10.4 Å². The zero-order valence-electron chi connectivity index (χ0n) is 15.2. The lowest BCUT2D eigenvalue weighted by atomic mass is 9.96. The van der Waals surface area contributed by atoms with Gasteiger partial charge in [0.2, 0.25) is 0 Å². The van der Waals surface area contributed by atoms with Gasteiger partial charge in [0, 0.05) is 26.2 Å². The van der Waals surface area contributed by atoms with E-state index in [2.05, 4.69) is 57.8 Å². The second-order valence-electron chi connectivity index (χ2n) is 7.39. The number of nitrogens with zero attached hydrogens (tertiary/aromatic N) is 2. The summed E-state index contributed by atoms with van der Waals surface area (Å²) >= 11 is 0. The zero-order chi connectivity index (χ0) is 16.8. The third kappa shape index (κ3) is 4.50. The van der Waals surface area contributed by atoms with Gasteiger partial charge >= 0.3 is 0 Å². The maximum Gasteiger partial charge on any atom is 0.191 e. The average molecular weight is 329 g/mol. The van der Waals surface area contributed by atoms with Crippen LogP contribution in [0.3, 0.4) is 0 Å². The van der Waals surface area contributed by atoms with Gasteiger partial charge in [-0.15, -0.1) is 0 Å². The summed E-state index contributed by atoms with van der Waals surface area (Å²) in [7, 11) is 1.87. The summed E-state index contributed by atoms with van der Waals surface area (Å²) in [6.07, 6.45) is 6.43. The average Bonchev–Trinajstić information content (AvgIpc) is 3.22. The van der Waals surface area contributed by atoms with Crippen LogP contribution in [0.4, 0.5) is 0 Å². The number of rotatable bonds is 7. The summed E-state index contributed by atoms with van der Waals surface area (Å²) in [4.78, 5) is 6.98. The van der Waals surface area contributed by atoms with Crippen molar-refractivity contribution < 1.29 is 0 Å². The van der Waals surface area contributed by atoms with Crippen molar-refractivity contribution >= 4 is 5.96 Å². The zero-order valence-corrected chi connectivity index (χ0v) is 15.2. The molecular weight excluding hydrogens is 296 g/mol. The third-order valence-corrected chi connectivity index (χ3v) is 5.64. The molecule has 1 heterocycles. The van der Waals surface area contributed by atoms with Gasteiger partial charge in [0.1, 0.15) is 0 Å². The summed E-state index contributed by atoms with van der Waals surface area (Å²) < 4.78 is 0. The monoisotopic (exact) mass is 328 g/mol. The van der Waals surface area contributed by atoms with Gasteiger partial charge in [0.05, 0.1) is 0 Å². The van der Waals surface area contributed by atoms with E-state index in [1.54, 1.807) is 0 Å². The van der Waals surface area contributed by atoms with E-state index in [0.29, 0.717) is 11.5 Å². The lowest BCUT2D eigenvalue weighted by Gasteiger charge is -2.24. The fraction of sp³-hybridized carbons (Fsp3) is 0.650. The third-order valence-electron chi connectivity index (χ3n) is 5.64. The SMILES string of the molecule is CCN1CCCC1CNC(=NC)NCC1(Cc2ccccc2)CC1. The Bertz CT molecular complexity index is 536. The minimum Gasteiger partial charge on any atom is -0.356 e. The summed E-state index contributed by atoms with van der Waals surface area (Å²) in [5, 5.41) is 7.11. The Balaban J connectivity index is 1.44. The summed E-state index contributed by atoms with van der Waals surface area (Å²) in [5.74, 6) is 0.956. The second kappa shape index (κ2) is 8.02. The molecule has 24 heavy (non-hydrogen) atoms. The van der Waals surface area contributed by atoms with Gasteiger partial charge in [-0.25, -0.2) is 0 Å². The molecule has 1 aromatic carbocycles. The minimum absolute atomic E-state index is 0.432. The van der Waals surface area contributed by atoms with Crippen molar-refractivity contribution in [3.8, 4) is 0 Å². The molecule has 1 aliphatic carbocycles. The molecule has 0 spiro atoms. The van der Waals surface area contributed by atoms with Crippen LogP contribution in [0.25, 0.3) is 0 Å². The molecule has 4 heteroatoms. The Morgan fingerprint density at radius 1 is 1.25 bits per heavy atom. The summed E-state index contributed by atoms with van der Waals surface area (Å²) in [5.41, 5.74) is 1.88.